The zero-order valence-corrected chi connectivity index (χ0v) is 15.7. The number of halogens is 1. The van der Waals surface area contributed by atoms with E-state index >= 15 is 0 Å². The number of hydrogen-bond acceptors (Lipinski definition) is 3. The van der Waals surface area contributed by atoms with Gasteiger partial charge in [0.15, 0.2) is 11.2 Å². The van der Waals surface area contributed by atoms with Crippen molar-refractivity contribution in [1.82, 2.24) is 10.9 Å². The summed E-state index contributed by atoms with van der Waals surface area (Å²) in [5.74, 6) is 0.274. The van der Waals surface area contributed by atoms with Crippen molar-refractivity contribution in [3.63, 3.8) is 0 Å². The van der Waals surface area contributed by atoms with Crippen LogP contribution in [0, 0.1) is 6.92 Å². The molecule has 2 rings (SSSR count). The molecular formula is C17H18BrN3O2S. The van der Waals surface area contributed by atoms with Crippen molar-refractivity contribution in [1.29, 1.82) is 0 Å². The number of benzene rings is 2. The van der Waals surface area contributed by atoms with E-state index in [-0.39, 0.29) is 5.91 Å². The summed E-state index contributed by atoms with van der Waals surface area (Å²) in [5.41, 5.74) is 7.17. The van der Waals surface area contributed by atoms with E-state index in [1.165, 1.54) is 0 Å². The summed E-state index contributed by atoms with van der Waals surface area (Å²) < 4.78 is 6.46. The number of hydrazine groups is 1. The highest BCUT2D eigenvalue weighted by atomic mass is 79.9. The zero-order chi connectivity index (χ0) is 17.5. The summed E-state index contributed by atoms with van der Waals surface area (Å²) >= 11 is 8.49. The van der Waals surface area contributed by atoms with Gasteiger partial charge in [-0.2, -0.15) is 0 Å². The molecule has 126 valence electrons. The second-order valence-electron chi connectivity index (χ2n) is 5.15. The largest absolute Gasteiger partial charge is 0.481 e. The van der Waals surface area contributed by atoms with E-state index in [2.05, 4.69) is 32.1 Å². The molecule has 0 saturated carbocycles. The first-order valence-corrected chi connectivity index (χ1v) is 8.50. The molecule has 0 saturated heterocycles. The molecule has 0 aliphatic rings. The van der Waals surface area contributed by atoms with Gasteiger partial charge in [0.2, 0.25) is 0 Å². The maximum atomic E-state index is 12.0. The predicted octanol–water partition coefficient (Wildman–Crippen LogP) is 3.54. The van der Waals surface area contributed by atoms with Crippen molar-refractivity contribution >= 4 is 44.9 Å². The number of ether oxygens (including phenoxy) is 1. The third kappa shape index (κ3) is 5.82. The quantitative estimate of drug-likeness (QED) is 0.534. The summed E-state index contributed by atoms with van der Waals surface area (Å²) in [6.45, 7) is 3.67. The fourth-order valence-corrected chi connectivity index (χ4v) is 2.36. The van der Waals surface area contributed by atoms with Crippen LogP contribution in [0.15, 0.2) is 53.0 Å². The second kappa shape index (κ2) is 8.65. The Kier molecular flexibility index (Phi) is 6.57. The average Bonchev–Trinajstić information content (AvgIpc) is 2.54. The maximum Gasteiger partial charge on any atom is 0.279 e. The standard InChI is InChI=1S/C17H18BrN3O2S/c1-11-6-8-14(9-7-11)19-17(24)21-20-16(22)12(2)23-15-5-3-4-13(18)10-15/h3-10,12H,1-2H3,(H,20,22)(H2,19,21,24)/t12-/m1/s1. The highest BCUT2D eigenvalue weighted by Crippen LogP contribution is 2.18. The molecule has 0 unspecified atom stereocenters. The third-order valence-corrected chi connectivity index (χ3v) is 3.78. The van der Waals surface area contributed by atoms with E-state index in [0.29, 0.717) is 10.9 Å². The van der Waals surface area contributed by atoms with Crippen molar-refractivity contribution in [2.75, 3.05) is 5.32 Å². The Morgan fingerprint density at radius 3 is 2.54 bits per heavy atom. The number of aryl methyl sites for hydroxylation is 1. The SMILES string of the molecule is Cc1ccc(NC(=S)NNC(=O)[C@@H](C)Oc2cccc(Br)c2)cc1. The average molecular weight is 408 g/mol. The molecular weight excluding hydrogens is 390 g/mol. The van der Waals surface area contributed by atoms with Gasteiger partial charge in [-0.3, -0.25) is 15.6 Å². The summed E-state index contributed by atoms with van der Waals surface area (Å²) in [6, 6.07) is 15.0. The number of thiocarbonyl (C=S) groups is 1. The molecule has 0 aliphatic heterocycles. The van der Waals surface area contributed by atoms with Crippen LogP contribution < -0.4 is 20.9 Å². The molecule has 5 nitrogen and oxygen atoms in total. The van der Waals surface area contributed by atoms with Crippen LogP contribution >= 0.6 is 28.1 Å². The molecule has 24 heavy (non-hydrogen) atoms. The van der Waals surface area contributed by atoms with Crippen LogP contribution in [0.4, 0.5) is 5.69 Å². The van der Waals surface area contributed by atoms with E-state index in [9.17, 15) is 4.79 Å². The molecule has 0 fully saturated rings. The molecule has 7 heteroatoms. The smallest absolute Gasteiger partial charge is 0.279 e. The minimum Gasteiger partial charge on any atom is -0.481 e. The van der Waals surface area contributed by atoms with Gasteiger partial charge in [0.1, 0.15) is 5.75 Å². The number of rotatable bonds is 4. The topological polar surface area (TPSA) is 62.4 Å². The van der Waals surface area contributed by atoms with Gasteiger partial charge in [-0.15, -0.1) is 0 Å². The highest BCUT2D eigenvalue weighted by Gasteiger charge is 2.14. The number of carbonyl (C=O) groups excluding carboxylic acids is 1. The van der Waals surface area contributed by atoms with E-state index in [1.54, 1.807) is 19.1 Å². The normalized spacial score (nSPS) is 11.3. The summed E-state index contributed by atoms with van der Waals surface area (Å²) in [5, 5.41) is 3.27. The van der Waals surface area contributed by atoms with Crippen LogP contribution in [0.2, 0.25) is 0 Å². The molecule has 2 aromatic carbocycles. The maximum absolute atomic E-state index is 12.0. The Labute approximate surface area is 154 Å². The molecule has 0 spiro atoms. The lowest BCUT2D eigenvalue weighted by atomic mass is 10.2. The van der Waals surface area contributed by atoms with E-state index in [1.807, 2.05) is 43.3 Å². The molecule has 0 aliphatic carbocycles. The second-order valence-corrected chi connectivity index (χ2v) is 6.48. The van der Waals surface area contributed by atoms with Crippen molar-refractivity contribution in [3.8, 4) is 5.75 Å². The highest BCUT2D eigenvalue weighted by molar-refractivity contribution is 9.10. The minimum atomic E-state index is -0.672. The van der Waals surface area contributed by atoms with Crippen molar-refractivity contribution in [3.05, 3.63) is 58.6 Å². The van der Waals surface area contributed by atoms with Gasteiger partial charge in [-0.05, 0) is 56.4 Å². The van der Waals surface area contributed by atoms with Gasteiger partial charge in [-0.25, -0.2) is 0 Å². The van der Waals surface area contributed by atoms with Crippen LogP contribution in [0.3, 0.4) is 0 Å². The van der Waals surface area contributed by atoms with Crippen molar-refractivity contribution in [2.45, 2.75) is 20.0 Å². The molecule has 2 aromatic rings. The van der Waals surface area contributed by atoms with Crippen LogP contribution in [0.5, 0.6) is 5.75 Å². The molecule has 1 amide bonds. The van der Waals surface area contributed by atoms with Gasteiger partial charge in [0, 0.05) is 10.2 Å². The fraction of sp³-hybridized carbons (Fsp3) is 0.176. The predicted molar refractivity (Wildman–Crippen MR) is 103 cm³/mol. The molecule has 1 atom stereocenters. The van der Waals surface area contributed by atoms with Crippen LogP contribution in [-0.4, -0.2) is 17.1 Å². The monoisotopic (exact) mass is 407 g/mol. The Balaban J connectivity index is 1.79. The Bertz CT molecular complexity index is 722. The molecule has 3 N–H and O–H groups in total. The van der Waals surface area contributed by atoms with Gasteiger partial charge < -0.3 is 10.1 Å². The lowest BCUT2D eigenvalue weighted by Gasteiger charge is -2.16. The van der Waals surface area contributed by atoms with Gasteiger partial charge in [0.25, 0.3) is 5.91 Å². The third-order valence-electron chi connectivity index (χ3n) is 3.09. The first-order chi connectivity index (χ1) is 11.4. The first kappa shape index (κ1) is 18.2. The number of carbonyl (C=O) groups is 1. The van der Waals surface area contributed by atoms with Gasteiger partial charge in [-0.1, -0.05) is 39.7 Å². The molecule has 0 heterocycles. The summed E-state index contributed by atoms with van der Waals surface area (Å²) in [6.07, 6.45) is -0.672. The lowest BCUT2D eigenvalue weighted by Crippen LogP contribution is -2.48. The number of nitrogens with one attached hydrogen (secondary N) is 3. The Morgan fingerprint density at radius 2 is 1.88 bits per heavy atom. The first-order valence-electron chi connectivity index (χ1n) is 7.30. The Hall–Kier alpha value is -2.12. The fourth-order valence-electron chi connectivity index (χ4n) is 1.82. The molecule has 0 radical (unpaired) electrons. The minimum absolute atomic E-state index is 0.293. The summed E-state index contributed by atoms with van der Waals surface area (Å²) in [4.78, 5) is 12.0. The number of anilines is 1. The number of hydrogen-bond donors (Lipinski definition) is 3. The van der Waals surface area contributed by atoms with Crippen molar-refractivity contribution in [2.24, 2.45) is 0 Å². The van der Waals surface area contributed by atoms with Crippen molar-refractivity contribution < 1.29 is 9.53 Å². The summed E-state index contributed by atoms with van der Waals surface area (Å²) in [7, 11) is 0. The van der Waals surface area contributed by atoms with Crippen LogP contribution in [0.25, 0.3) is 0 Å². The van der Waals surface area contributed by atoms with E-state index < -0.39 is 6.10 Å². The lowest BCUT2D eigenvalue weighted by molar-refractivity contribution is -0.127. The van der Waals surface area contributed by atoms with Gasteiger partial charge >= 0.3 is 0 Å². The number of amides is 1. The van der Waals surface area contributed by atoms with E-state index in [0.717, 1.165) is 15.7 Å². The molecule has 0 bridgehead atoms. The zero-order valence-electron chi connectivity index (χ0n) is 13.3. The molecule has 0 aromatic heterocycles. The van der Waals surface area contributed by atoms with Crippen LogP contribution in [0.1, 0.15) is 12.5 Å². The van der Waals surface area contributed by atoms with Gasteiger partial charge in [0.05, 0.1) is 0 Å². The van der Waals surface area contributed by atoms with E-state index in [4.69, 9.17) is 17.0 Å². The van der Waals surface area contributed by atoms with Crippen LogP contribution in [-0.2, 0) is 4.79 Å². The Morgan fingerprint density at radius 1 is 1.17 bits per heavy atom.